The van der Waals surface area contributed by atoms with E-state index < -0.39 is 30.2 Å². The number of carbonyl (C=O) groups is 4. The van der Waals surface area contributed by atoms with Crippen LogP contribution in [0.1, 0.15) is 17.3 Å². The fraction of sp³-hybridized carbons (Fsp3) is 0.238. The highest BCUT2D eigenvalue weighted by molar-refractivity contribution is 6.53. The summed E-state index contributed by atoms with van der Waals surface area (Å²) < 4.78 is 15.7. The highest BCUT2D eigenvalue weighted by Crippen LogP contribution is 2.32. The number of amides is 4. The van der Waals surface area contributed by atoms with Gasteiger partial charge in [0.1, 0.15) is 5.75 Å². The minimum atomic E-state index is -1.08. The van der Waals surface area contributed by atoms with Gasteiger partial charge >= 0.3 is 17.8 Å². The Hall–Kier alpha value is -3.88. The molecule has 0 atom stereocenters. The highest BCUT2D eigenvalue weighted by Gasteiger charge is 2.47. The van der Waals surface area contributed by atoms with Crippen LogP contribution in [0.5, 0.6) is 17.2 Å². The Labute approximate surface area is 172 Å². The van der Waals surface area contributed by atoms with E-state index in [1.54, 1.807) is 25.1 Å². The Morgan fingerprint density at radius 3 is 2.27 bits per heavy atom. The summed E-state index contributed by atoms with van der Waals surface area (Å²) in [6, 6.07) is 9.92. The first-order valence-electron chi connectivity index (χ1n) is 9.09. The van der Waals surface area contributed by atoms with Gasteiger partial charge in [0.15, 0.2) is 17.3 Å². The van der Waals surface area contributed by atoms with Gasteiger partial charge in [-0.3, -0.25) is 14.4 Å². The molecule has 1 fully saturated rings. The van der Waals surface area contributed by atoms with E-state index in [-0.39, 0.29) is 17.0 Å². The van der Waals surface area contributed by atoms with Crippen molar-refractivity contribution in [3.63, 3.8) is 0 Å². The molecule has 9 nitrogen and oxygen atoms in total. The molecule has 0 radical (unpaired) electrons. The van der Waals surface area contributed by atoms with E-state index in [1.165, 1.54) is 38.5 Å². The summed E-state index contributed by atoms with van der Waals surface area (Å²) in [5, 5.41) is 0. The molecule has 4 amide bonds. The van der Waals surface area contributed by atoms with Gasteiger partial charge < -0.3 is 14.2 Å². The van der Waals surface area contributed by atoms with Crippen molar-refractivity contribution in [2.45, 2.75) is 6.92 Å². The van der Waals surface area contributed by atoms with Gasteiger partial charge in [-0.1, -0.05) is 12.1 Å². The van der Waals surface area contributed by atoms with Crippen molar-refractivity contribution < 1.29 is 33.4 Å². The van der Waals surface area contributed by atoms with Crippen molar-refractivity contribution in [3.05, 3.63) is 48.0 Å². The van der Waals surface area contributed by atoms with Crippen LogP contribution in [0.25, 0.3) is 0 Å². The Kier molecular flexibility index (Phi) is 6.01. The highest BCUT2D eigenvalue weighted by atomic mass is 16.5. The summed E-state index contributed by atoms with van der Waals surface area (Å²) in [6.07, 6.45) is 0. The van der Waals surface area contributed by atoms with Crippen LogP contribution in [0.4, 0.5) is 10.5 Å². The summed E-state index contributed by atoms with van der Waals surface area (Å²) in [5.41, 5.74) is 0.345. The maximum Gasteiger partial charge on any atom is 0.339 e. The van der Waals surface area contributed by atoms with Crippen molar-refractivity contribution in [2.75, 3.05) is 32.3 Å². The molecular weight excluding hydrogens is 392 g/mol. The average Bonchev–Trinajstić information content (AvgIpc) is 2.97. The number of benzene rings is 2. The zero-order valence-electron chi connectivity index (χ0n) is 16.7. The van der Waals surface area contributed by atoms with E-state index in [9.17, 15) is 19.2 Å². The molecule has 0 aliphatic carbocycles. The van der Waals surface area contributed by atoms with Crippen LogP contribution in [0.3, 0.4) is 0 Å². The van der Waals surface area contributed by atoms with Crippen LogP contribution in [0.2, 0.25) is 0 Å². The summed E-state index contributed by atoms with van der Waals surface area (Å²) in [6.45, 7) is 1.47. The van der Waals surface area contributed by atoms with Crippen LogP contribution in [0, 0.1) is 0 Å². The number of hydrogen-bond acceptors (Lipinski definition) is 7. The lowest BCUT2D eigenvalue weighted by atomic mass is 10.1. The molecule has 0 saturated carbocycles. The first-order chi connectivity index (χ1) is 14.4. The van der Waals surface area contributed by atoms with Gasteiger partial charge in [0, 0.05) is 5.56 Å². The molecule has 0 unspecified atom stereocenters. The lowest BCUT2D eigenvalue weighted by Gasteiger charge is -2.18. The van der Waals surface area contributed by atoms with E-state index in [2.05, 4.69) is 0 Å². The first kappa shape index (κ1) is 20.8. The predicted molar refractivity (Wildman–Crippen MR) is 106 cm³/mol. The van der Waals surface area contributed by atoms with E-state index in [0.29, 0.717) is 23.0 Å². The van der Waals surface area contributed by atoms with E-state index >= 15 is 0 Å². The summed E-state index contributed by atoms with van der Waals surface area (Å²) in [7, 11) is 2.88. The predicted octanol–water partition coefficient (Wildman–Crippen LogP) is 2.28. The zero-order valence-corrected chi connectivity index (χ0v) is 16.7. The molecule has 1 aliphatic heterocycles. The number of carbonyl (C=O) groups excluding carboxylic acids is 4. The number of Topliss-reactive ketones (excluding diaryl/α,β-unsaturated/α-hetero) is 1. The number of para-hydroxylation sites is 2. The molecule has 9 heteroatoms. The lowest BCUT2D eigenvalue weighted by molar-refractivity contribution is -0.139. The maximum absolute atomic E-state index is 12.8. The number of hydrogen-bond donors (Lipinski definition) is 0. The first-order valence-corrected chi connectivity index (χ1v) is 9.09. The second-order valence-corrected chi connectivity index (χ2v) is 6.21. The van der Waals surface area contributed by atoms with Crippen molar-refractivity contribution >= 4 is 29.3 Å². The SMILES string of the molecule is CCOc1ccccc1N1C(=O)C(=O)N(CC(=O)c2ccc(OC)c(OC)c2)C1=O. The quantitative estimate of drug-likeness (QED) is 0.372. The van der Waals surface area contributed by atoms with Crippen molar-refractivity contribution in [1.29, 1.82) is 0 Å². The molecule has 156 valence electrons. The Bertz CT molecular complexity index is 1020. The van der Waals surface area contributed by atoms with E-state index in [1.807, 2.05) is 0 Å². The molecule has 0 spiro atoms. The van der Waals surface area contributed by atoms with Gasteiger partial charge in [-0.05, 0) is 37.3 Å². The molecular formula is C21H20N2O7. The third kappa shape index (κ3) is 3.69. The van der Waals surface area contributed by atoms with Crippen LogP contribution < -0.4 is 19.1 Å². The number of methoxy groups -OCH3 is 2. The van der Waals surface area contributed by atoms with Gasteiger partial charge in [-0.15, -0.1) is 0 Å². The molecule has 1 aliphatic rings. The van der Waals surface area contributed by atoms with Gasteiger partial charge in [0.05, 0.1) is 33.1 Å². The molecule has 0 N–H and O–H groups in total. The fourth-order valence-corrected chi connectivity index (χ4v) is 3.02. The summed E-state index contributed by atoms with van der Waals surface area (Å²) >= 11 is 0. The summed E-state index contributed by atoms with van der Waals surface area (Å²) in [4.78, 5) is 51.8. The minimum absolute atomic E-state index is 0.142. The Morgan fingerprint density at radius 2 is 1.60 bits per heavy atom. The Morgan fingerprint density at radius 1 is 0.900 bits per heavy atom. The minimum Gasteiger partial charge on any atom is -0.493 e. The number of rotatable bonds is 8. The fourth-order valence-electron chi connectivity index (χ4n) is 3.02. The maximum atomic E-state index is 12.8. The lowest BCUT2D eigenvalue weighted by Crippen LogP contribution is -2.37. The standard InChI is InChI=1S/C21H20N2O7/c1-4-30-16-8-6-5-7-14(16)23-20(26)19(25)22(21(23)27)12-15(24)13-9-10-17(28-2)18(11-13)29-3/h5-11H,4,12H2,1-3H3. The van der Waals surface area contributed by atoms with Gasteiger partial charge in [0.2, 0.25) is 0 Å². The van der Waals surface area contributed by atoms with Crippen molar-refractivity contribution in [2.24, 2.45) is 0 Å². The number of nitrogens with zero attached hydrogens (tertiary/aromatic N) is 2. The van der Waals surface area contributed by atoms with Crippen LogP contribution >= 0.6 is 0 Å². The topological polar surface area (TPSA) is 102 Å². The smallest absolute Gasteiger partial charge is 0.339 e. The second kappa shape index (κ2) is 8.64. The molecule has 1 saturated heterocycles. The monoisotopic (exact) mass is 412 g/mol. The van der Waals surface area contributed by atoms with Gasteiger partial charge in [-0.2, -0.15) is 0 Å². The normalized spacial score (nSPS) is 13.6. The molecule has 2 aromatic rings. The third-order valence-corrected chi connectivity index (χ3v) is 4.47. The number of anilines is 1. The van der Waals surface area contributed by atoms with Crippen molar-refractivity contribution in [1.82, 2.24) is 4.90 Å². The second-order valence-electron chi connectivity index (χ2n) is 6.21. The van der Waals surface area contributed by atoms with Crippen LogP contribution in [-0.4, -0.2) is 55.9 Å². The van der Waals surface area contributed by atoms with E-state index in [4.69, 9.17) is 14.2 Å². The number of ether oxygens (including phenoxy) is 3. The molecule has 3 rings (SSSR count). The van der Waals surface area contributed by atoms with Crippen LogP contribution in [0.15, 0.2) is 42.5 Å². The number of imide groups is 2. The molecule has 0 bridgehead atoms. The zero-order chi connectivity index (χ0) is 21.8. The van der Waals surface area contributed by atoms with Gasteiger partial charge in [-0.25, -0.2) is 14.6 Å². The molecule has 2 aromatic carbocycles. The number of ketones is 1. The third-order valence-electron chi connectivity index (χ3n) is 4.47. The molecule has 1 heterocycles. The summed E-state index contributed by atoms with van der Waals surface area (Å²) in [5.74, 6) is -1.64. The van der Waals surface area contributed by atoms with Crippen LogP contribution in [-0.2, 0) is 9.59 Å². The largest absolute Gasteiger partial charge is 0.493 e. The van der Waals surface area contributed by atoms with E-state index in [0.717, 1.165) is 4.90 Å². The van der Waals surface area contributed by atoms with Gasteiger partial charge in [0.25, 0.3) is 0 Å². The average molecular weight is 412 g/mol. The Balaban J connectivity index is 1.86. The number of urea groups is 1. The molecule has 30 heavy (non-hydrogen) atoms. The molecule has 0 aromatic heterocycles. The van der Waals surface area contributed by atoms with Crippen molar-refractivity contribution in [3.8, 4) is 17.2 Å².